The molecule has 0 aliphatic heterocycles. The first-order chi connectivity index (χ1) is 11.7. The Morgan fingerprint density at radius 3 is 1.08 bits per heavy atom. The van der Waals surface area contributed by atoms with E-state index in [1.165, 1.54) is 13.4 Å². The number of hydrogen-bond acceptors (Lipinski definition) is 3. The number of hydrogen-bond donors (Lipinski definition) is 0. The first-order valence-electron chi connectivity index (χ1n) is 10.2. The zero-order chi connectivity index (χ0) is 21.0. The van der Waals surface area contributed by atoms with Gasteiger partial charge >= 0.3 is 0 Å². The lowest BCUT2D eigenvalue weighted by molar-refractivity contribution is 0.258. The van der Waals surface area contributed by atoms with Crippen molar-refractivity contribution < 1.29 is 0 Å². The highest BCUT2D eigenvalue weighted by Crippen LogP contribution is 2.74. The van der Waals surface area contributed by atoms with E-state index in [4.69, 9.17) is 11.2 Å². The highest BCUT2D eigenvalue weighted by Gasteiger charge is 2.57. The van der Waals surface area contributed by atoms with Crippen molar-refractivity contribution in [3.05, 3.63) is 0 Å². The second-order valence-corrected chi connectivity index (χ2v) is 14.6. The van der Waals surface area contributed by atoms with E-state index in [9.17, 15) is 0 Å². The van der Waals surface area contributed by atoms with Gasteiger partial charge in [0.25, 0.3) is 6.92 Å². The third-order valence-corrected chi connectivity index (χ3v) is 13.1. The summed E-state index contributed by atoms with van der Waals surface area (Å²) in [7, 11) is 1.26. The lowest BCUT2D eigenvalue weighted by Crippen LogP contribution is -2.48. The molecule has 0 amide bonds. The van der Waals surface area contributed by atoms with Gasteiger partial charge in [-0.3, -0.25) is 0 Å². The van der Waals surface area contributed by atoms with E-state index in [0.29, 0.717) is 36.3 Å². The molecule has 0 spiro atoms. The summed E-state index contributed by atoms with van der Waals surface area (Å²) >= 11 is 7.75. The van der Waals surface area contributed by atoms with Gasteiger partial charge in [-0.1, -0.05) is 0 Å². The minimum atomic E-state index is -2.14. The molecule has 0 atom stereocenters. The SMILES string of the molecule is CC(=PN(C(C)C)C(C)C)[P+](Cl)(N(C(C)C)C(C)C)N(C(C)C)C(C)C. The van der Waals surface area contributed by atoms with Crippen molar-refractivity contribution in [3.8, 4) is 0 Å². The summed E-state index contributed by atoms with van der Waals surface area (Å²) in [6.45, 7) is 27.5. The molecule has 0 aromatic rings. The third-order valence-electron chi connectivity index (χ3n) is 4.46. The molecule has 156 valence electrons. The van der Waals surface area contributed by atoms with Crippen LogP contribution in [0.2, 0.25) is 0 Å². The predicted molar refractivity (Wildman–Crippen MR) is 127 cm³/mol. The van der Waals surface area contributed by atoms with Crippen molar-refractivity contribution in [3.63, 3.8) is 0 Å². The van der Waals surface area contributed by atoms with Gasteiger partial charge < -0.3 is 0 Å². The highest BCUT2D eigenvalue weighted by molar-refractivity contribution is 8.12. The molecule has 26 heavy (non-hydrogen) atoms. The van der Waals surface area contributed by atoms with E-state index in [1.807, 2.05) is 0 Å². The summed E-state index contributed by atoms with van der Waals surface area (Å²) in [5.74, 6) is 0. The molecule has 0 aliphatic carbocycles. The molecule has 0 saturated heterocycles. The summed E-state index contributed by atoms with van der Waals surface area (Å²) in [4.78, 5) is 0. The molecule has 3 nitrogen and oxygen atoms in total. The maximum atomic E-state index is 7.75. The van der Waals surface area contributed by atoms with Crippen molar-refractivity contribution in [2.24, 2.45) is 0 Å². The molecule has 0 fully saturated rings. The van der Waals surface area contributed by atoms with E-state index in [-0.39, 0.29) is 0 Å². The normalized spacial score (nSPS) is 14.8. The van der Waals surface area contributed by atoms with Crippen molar-refractivity contribution >= 4 is 31.5 Å². The first-order valence-corrected chi connectivity index (χ1v) is 13.6. The van der Waals surface area contributed by atoms with Gasteiger partial charge in [0, 0.05) is 51.5 Å². The topological polar surface area (TPSA) is 9.72 Å². The van der Waals surface area contributed by atoms with Crippen LogP contribution in [0.15, 0.2) is 0 Å². The average molecular weight is 425 g/mol. The Kier molecular flexibility index (Phi) is 11.4. The Morgan fingerprint density at radius 1 is 0.615 bits per heavy atom. The fourth-order valence-corrected chi connectivity index (χ4v) is 11.9. The van der Waals surface area contributed by atoms with Crippen LogP contribution in [-0.4, -0.2) is 55.3 Å². The van der Waals surface area contributed by atoms with E-state index < -0.39 is 6.92 Å². The Morgan fingerprint density at radius 2 is 0.885 bits per heavy atom. The molecule has 0 rings (SSSR count). The van der Waals surface area contributed by atoms with Crippen LogP contribution in [0.4, 0.5) is 0 Å². The zero-order valence-electron chi connectivity index (χ0n) is 19.6. The predicted octanol–water partition coefficient (Wildman–Crippen LogP) is 7.36. The highest BCUT2D eigenvalue weighted by atomic mass is 35.7. The average Bonchev–Trinajstić information content (AvgIpc) is 2.41. The van der Waals surface area contributed by atoms with E-state index >= 15 is 0 Å². The standard InChI is InChI=1S/C20H45ClN3P2/c1-14(2)22(15(3)4)25-20(13)26(21,23(16(5)6)17(7)8)24(18(9)10)19(11)12/h14-19H,1-13H3/q+1. The molecule has 0 radical (unpaired) electrons. The van der Waals surface area contributed by atoms with Gasteiger partial charge in [-0.05, 0) is 83.1 Å². The molecular weight excluding hydrogens is 380 g/mol. The van der Waals surface area contributed by atoms with Crippen molar-refractivity contribution in [2.45, 2.75) is 126 Å². The molecule has 0 saturated carbocycles. The third kappa shape index (κ3) is 6.40. The Balaban J connectivity index is 6.56. The Bertz CT molecular complexity index is 404. The molecule has 0 aliphatic rings. The molecule has 0 aromatic heterocycles. The number of nitrogens with zero attached hydrogens (tertiary/aromatic N) is 3. The molecule has 0 aromatic carbocycles. The summed E-state index contributed by atoms with van der Waals surface area (Å²) in [5, 5.41) is 1.39. The molecule has 0 heterocycles. The van der Waals surface area contributed by atoms with Gasteiger partial charge in [-0.2, -0.15) is 0 Å². The second-order valence-electron chi connectivity index (χ2n) is 8.87. The van der Waals surface area contributed by atoms with Gasteiger partial charge in [-0.25, -0.2) is 4.67 Å². The zero-order valence-corrected chi connectivity index (χ0v) is 22.1. The fraction of sp³-hybridized carbons (Fsp3) is 0.950. The number of halogens is 1. The lowest BCUT2D eigenvalue weighted by atomic mass is 10.3. The maximum Gasteiger partial charge on any atom is 0.290 e. The van der Waals surface area contributed by atoms with Crippen LogP contribution >= 0.6 is 26.5 Å². The summed E-state index contributed by atoms with van der Waals surface area (Å²) in [5.41, 5.74) is 0. The Labute approximate surface area is 171 Å². The maximum absolute atomic E-state index is 7.75. The van der Waals surface area contributed by atoms with E-state index in [1.54, 1.807) is 0 Å². The van der Waals surface area contributed by atoms with Gasteiger partial charge in [0.2, 0.25) is 0 Å². The van der Waals surface area contributed by atoms with Crippen LogP contribution in [0.1, 0.15) is 90.0 Å². The fourth-order valence-electron chi connectivity index (χ4n) is 3.92. The minimum Gasteiger partial charge on any atom is -0.249 e. The lowest BCUT2D eigenvalue weighted by Gasteiger charge is -2.45. The van der Waals surface area contributed by atoms with Crippen LogP contribution in [0.5, 0.6) is 0 Å². The van der Waals surface area contributed by atoms with Gasteiger partial charge in [0.15, 0.2) is 5.03 Å². The summed E-state index contributed by atoms with van der Waals surface area (Å²) in [6, 6.07) is 2.59. The van der Waals surface area contributed by atoms with Crippen molar-refractivity contribution in [1.29, 1.82) is 0 Å². The molecular formula is C20H45ClN3P2+. The van der Waals surface area contributed by atoms with Crippen LogP contribution in [0.3, 0.4) is 0 Å². The molecule has 0 unspecified atom stereocenters. The quantitative estimate of drug-likeness (QED) is 0.339. The largest absolute Gasteiger partial charge is 0.290 e. The van der Waals surface area contributed by atoms with E-state index in [2.05, 4.69) is 104 Å². The minimum absolute atomic E-state index is 0.400. The number of rotatable bonds is 10. The van der Waals surface area contributed by atoms with Crippen LogP contribution in [-0.2, 0) is 0 Å². The Hall–Kier alpha value is 0.770. The monoisotopic (exact) mass is 424 g/mol. The molecule has 0 N–H and O–H groups in total. The first kappa shape index (κ1) is 26.8. The summed E-state index contributed by atoms with van der Waals surface area (Å²) < 4.78 is 7.69. The molecule has 6 heteroatoms. The second kappa shape index (κ2) is 11.1. The van der Waals surface area contributed by atoms with Crippen molar-refractivity contribution in [1.82, 2.24) is 14.0 Å². The summed E-state index contributed by atoms with van der Waals surface area (Å²) in [6.07, 6.45) is 0. The molecule has 0 bridgehead atoms. The van der Waals surface area contributed by atoms with E-state index in [0.717, 1.165) is 0 Å². The van der Waals surface area contributed by atoms with Crippen molar-refractivity contribution in [2.75, 3.05) is 0 Å². The van der Waals surface area contributed by atoms with Gasteiger partial charge in [-0.15, -0.1) is 9.34 Å². The van der Waals surface area contributed by atoms with Crippen LogP contribution in [0.25, 0.3) is 0 Å². The smallest absolute Gasteiger partial charge is 0.249 e. The van der Waals surface area contributed by atoms with Gasteiger partial charge in [0.05, 0.1) is 0 Å². The van der Waals surface area contributed by atoms with Crippen LogP contribution in [0, 0.1) is 0 Å². The van der Waals surface area contributed by atoms with Gasteiger partial charge in [0.1, 0.15) is 11.2 Å². The van der Waals surface area contributed by atoms with Crippen LogP contribution < -0.4 is 0 Å².